The molecule has 2 rings (SSSR count). The molecule has 2 fully saturated rings. The lowest BCUT2D eigenvalue weighted by Crippen LogP contribution is -2.47. The van der Waals surface area contributed by atoms with Crippen molar-refractivity contribution in [2.24, 2.45) is 5.73 Å². The Morgan fingerprint density at radius 3 is 2.24 bits per heavy atom. The van der Waals surface area contributed by atoms with Gasteiger partial charge in [0.25, 0.3) is 0 Å². The maximum Gasteiger partial charge on any atom is 0.125 e. The molecule has 104 valence electrons. The lowest BCUT2D eigenvalue weighted by molar-refractivity contribution is 0.0703. The molecule has 0 aliphatic carbocycles. The van der Waals surface area contributed by atoms with Gasteiger partial charge < -0.3 is 10.6 Å². The Morgan fingerprint density at radius 2 is 1.71 bits per heavy atom. The summed E-state index contributed by atoms with van der Waals surface area (Å²) in [4.78, 5) is 2.26. The number of hydrogen-bond acceptors (Lipinski definition) is 3. The lowest BCUT2D eigenvalue weighted by atomic mass is 9.96. The number of thioether (sulfide) groups is 1. The third-order valence-corrected chi connectivity index (χ3v) is 4.51. The highest BCUT2D eigenvalue weighted by Crippen LogP contribution is 2.31. The molecule has 0 aromatic rings. The number of nitrogens with zero attached hydrogens (tertiary/aromatic N) is 1. The number of likely N-dealkylation sites (tertiary alicyclic amines) is 1. The number of rotatable bonds is 2. The Balaban J connectivity index is 0.00000128. The van der Waals surface area contributed by atoms with Crippen LogP contribution in [0.2, 0.25) is 0 Å². The minimum atomic E-state index is -0.910. The molecule has 0 atom stereocenters. The summed E-state index contributed by atoms with van der Waals surface area (Å²) < 4.78 is 14.4. The largest absolute Gasteiger partial charge is 0.328 e. The van der Waals surface area contributed by atoms with Crippen molar-refractivity contribution < 1.29 is 4.39 Å². The normalized spacial score (nSPS) is 25.8. The summed E-state index contributed by atoms with van der Waals surface area (Å²) in [6.07, 6.45) is 3.54. The highest BCUT2D eigenvalue weighted by Gasteiger charge is 2.34. The number of nitrogens with two attached hydrogens (primary N) is 1. The summed E-state index contributed by atoms with van der Waals surface area (Å²) in [5.74, 6) is 1.98. The second-order valence-corrected chi connectivity index (χ2v) is 6.10. The Kier molecular flexibility index (Phi) is 8.42. The minimum absolute atomic E-state index is 0. The first-order valence-corrected chi connectivity index (χ1v) is 7.08. The molecule has 2 aliphatic heterocycles. The molecule has 0 bridgehead atoms. The van der Waals surface area contributed by atoms with Gasteiger partial charge in [-0.25, -0.2) is 4.39 Å². The van der Waals surface area contributed by atoms with E-state index >= 15 is 0 Å². The first kappa shape index (κ1) is 17.8. The molecule has 0 amide bonds. The van der Waals surface area contributed by atoms with Crippen molar-refractivity contribution in [2.45, 2.75) is 37.4 Å². The van der Waals surface area contributed by atoms with E-state index in [4.69, 9.17) is 5.73 Å². The highest BCUT2D eigenvalue weighted by atomic mass is 35.5. The Labute approximate surface area is 120 Å². The van der Waals surface area contributed by atoms with Crippen LogP contribution in [-0.2, 0) is 0 Å². The van der Waals surface area contributed by atoms with Crippen LogP contribution in [0.3, 0.4) is 0 Å². The Hall–Kier alpha value is 0.780. The standard InChI is InChI=1S/C11H21FN2S.2ClH/c12-11(3-7-15-8-4-11)9-14-5-1-10(13)2-6-14;;/h10H,1-9,13H2;2*1H. The van der Waals surface area contributed by atoms with Crippen molar-refractivity contribution in [3.05, 3.63) is 0 Å². The molecule has 0 aromatic heterocycles. The van der Waals surface area contributed by atoms with E-state index in [2.05, 4.69) is 4.90 Å². The van der Waals surface area contributed by atoms with Crippen molar-refractivity contribution in [1.29, 1.82) is 0 Å². The van der Waals surface area contributed by atoms with Crippen LogP contribution < -0.4 is 5.73 Å². The van der Waals surface area contributed by atoms with Gasteiger partial charge in [0.1, 0.15) is 5.67 Å². The van der Waals surface area contributed by atoms with Crippen LogP contribution in [0, 0.1) is 0 Å². The molecule has 0 aromatic carbocycles. The molecule has 17 heavy (non-hydrogen) atoms. The average Bonchev–Trinajstić information content (AvgIpc) is 2.22. The van der Waals surface area contributed by atoms with Gasteiger partial charge in [-0.15, -0.1) is 24.8 Å². The van der Waals surface area contributed by atoms with Gasteiger partial charge in [0.05, 0.1) is 0 Å². The summed E-state index contributed by atoms with van der Waals surface area (Å²) >= 11 is 1.88. The van der Waals surface area contributed by atoms with Gasteiger partial charge in [-0.2, -0.15) is 11.8 Å². The van der Waals surface area contributed by atoms with Gasteiger partial charge in [-0.1, -0.05) is 0 Å². The lowest BCUT2D eigenvalue weighted by Gasteiger charge is -2.37. The molecule has 6 heteroatoms. The zero-order valence-corrected chi connectivity index (χ0v) is 12.5. The van der Waals surface area contributed by atoms with E-state index in [0.717, 1.165) is 50.3 Å². The molecule has 2 N–H and O–H groups in total. The van der Waals surface area contributed by atoms with Crippen LogP contribution in [0.25, 0.3) is 0 Å². The fraction of sp³-hybridized carbons (Fsp3) is 1.00. The summed E-state index contributed by atoms with van der Waals surface area (Å²) in [5, 5.41) is 0. The van der Waals surface area contributed by atoms with Crippen molar-refractivity contribution in [3.8, 4) is 0 Å². The van der Waals surface area contributed by atoms with Gasteiger partial charge in [0.15, 0.2) is 0 Å². The maximum atomic E-state index is 14.4. The van der Waals surface area contributed by atoms with E-state index in [1.165, 1.54) is 0 Å². The monoisotopic (exact) mass is 304 g/mol. The minimum Gasteiger partial charge on any atom is -0.328 e. The van der Waals surface area contributed by atoms with E-state index in [9.17, 15) is 4.39 Å². The van der Waals surface area contributed by atoms with Crippen molar-refractivity contribution in [1.82, 2.24) is 4.90 Å². The van der Waals surface area contributed by atoms with E-state index < -0.39 is 5.67 Å². The third kappa shape index (κ3) is 5.52. The van der Waals surface area contributed by atoms with Gasteiger partial charge in [0, 0.05) is 12.6 Å². The van der Waals surface area contributed by atoms with Gasteiger partial charge in [-0.05, 0) is 50.3 Å². The smallest absolute Gasteiger partial charge is 0.125 e. The van der Waals surface area contributed by atoms with Crippen molar-refractivity contribution in [3.63, 3.8) is 0 Å². The molecule has 0 spiro atoms. The molecule has 2 saturated heterocycles. The fourth-order valence-electron chi connectivity index (χ4n) is 2.41. The van der Waals surface area contributed by atoms with Crippen LogP contribution >= 0.6 is 36.6 Å². The highest BCUT2D eigenvalue weighted by molar-refractivity contribution is 7.99. The third-order valence-electron chi connectivity index (χ3n) is 3.53. The zero-order valence-electron chi connectivity index (χ0n) is 10.1. The van der Waals surface area contributed by atoms with E-state index in [1.807, 2.05) is 11.8 Å². The van der Waals surface area contributed by atoms with Crippen LogP contribution in [0.5, 0.6) is 0 Å². The second kappa shape index (κ2) is 8.05. The molecule has 2 nitrogen and oxygen atoms in total. The molecule has 2 aliphatic rings. The number of piperidine rings is 1. The molecule has 0 saturated carbocycles. The van der Waals surface area contributed by atoms with Crippen LogP contribution in [-0.4, -0.2) is 47.8 Å². The molecular weight excluding hydrogens is 282 g/mol. The topological polar surface area (TPSA) is 29.3 Å². The zero-order chi connectivity index (χ0) is 10.7. The van der Waals surface area contributed by atoms with Crippen LogP contribution in [0.1, 0.15) is 25.7 Å². The van der Waals surface area contributed by atoms with E-state index in [-0.39, 0.29) is 24.8 Å². The first-order chi connectivity index (χ1) is 7.18. The average molecular weight is 305 g/mol. The molecular formula is C11H23Cl2FN2S. The van der Waals surface area contributed by atoms with Crippen molar-refractivity contribution >= 4 is 36.6 Å². The van der Waals surface area contributed by atoms with Crippen LogP contribution in [0.15, 0.2) is 0 Å². The maximum absolute atomic E-state index is 14.4. The molecule has 0 unspecified atom stereocenters. The van der Waals surface area contributed by atoms with E-state index in [0.29, 0.717) is 12.6 Å². The Morgan fingerprint density at radius 1 is 1.18 bits per heavy atom. The van der Waals surface area contributed by atoms with E-state index in [1.54, 1.807) is 0 Å². The molecule has 2 heterocycles. The number of alkyl halides is 1. The first-order valence-electron chi connectivity index (χ1n) is 5.93. The van der Waals surface area contributed by atoms with Crippen LogP contribution in [0.4, 0.5) is 4.39 Å². The second-order valence-electron chi connectivity index (χ2n) is 4.88. The number of halogens is 3. The van der Waals surface area contributed by atoms with Gasteiger partial charge in [0.2, 0.25) is 0 Å². The molecule has 0 radical (unpaired) electrons. The summed E-state index contributed by atoms with van der Waals surface area (Å²) in [6, 6.07) is 0.346. The van der Waals surface area contributed by atoms with Gasteiger partial charge in [-0.3, -0.25) is 0 Å². The van der Waals surface area contributed by atoms with Gasteiger partial charge >= 0.3 is 0 Å². The quantitative estimate of drug-likeness (QED) is 0.850. The summed E-state index contributed by atoms with van der Waals surface area (Å²) in [5.41, 5.74) is 4.93. The number of hydrogen-bond donors (Lipinski definition) is 1. The van der Waals surface area contributed by atoms with Crippen molar-refractivity contribution in [2.75, 3.05) is 31.1 Å². The summed E-state index contributed by atoms with van der Waals surface area (Å²) in [6.45, 7) is 2.61. The summed E-state index contributed by atoms with van der Waals surface area (Å²) in [7, 11) is 0. The predicted octanol–water partition coefficient (Wildman–Crippen LogP) is 2.49. The Bertz CT molecular complexity index is 208. The predicted molar refractivity (Wildman–Crippen MR) is 78.5 cm³/mol. The SMILES string of the molecule is Cl.Cl.NC1CCN(CC2(F)CCSCC2)CC1. The fourth-order valence-corrected chi connectivity index (χ4v) is 3.63.